The number of ether oxygens (including phenoxy) is 2. The van der Waals surface area contributed by atoms with Crippen LogP contribution in [0.1, 0.15) is 16.8 Å². The molecule has 3 N–H and O–H groups in total. The van der Waals surface area contributed by atoms with Gasteiger partial charge in [0.25, 0.3) is 5.91 Å². The number of methoxy groups -OCH3 is 1. The fraction of sp³-hybridized carbons (Fsp3) is 0.417. The molecule has 1 fully saturated rings. The van der Waals surface area contributed by atoms with Gasteiger partial charge < -0.3 is 30.3 Å². The molecule has 9 heteroatoms. The highest BCUT2D eigenvalue weighted by atomic mass is 16.5. The minimum absolute atomic E-state index is 0.167. The van der Waals surface area contributed by atoms with E-state index in [1.807, 2.05) is 25.1 Å². The maximum absolute atomic E-state index is 12.9. The van der Waals surface area contributed by atoms with E-state index in [-0.39, 0.29) is 5.91 Å². The van der Waals surface area contributed by atoms with Crippen LogP contribution < -0.4 is 25.6 Å². The third-order valence-corrected chi connectivity index (χ3v) is 5.37. The molecule has 9 nitrogen and oxygen atoms in total. The lowest BCUT2D eigenvalue weighted by atomic mass is 10.1. The van der Waals surface area contributed by atoms with E-state index in [4.69, 9.17) is 9.47 Å². The van der Waals surface area contributed by atoms with Crippen LogP contribution in [0.25, 0.3) is 0 Å². The number of benzene rings is 2. The number of rotatable bonds is 9. The van der Waals surface area contributed by atoms with Crippen molar-refractivity contribution >= 4 is 29.0 Å². The first kappa shape index (κ1) is 24.3. The van der Waals surface area contributed by atoms with Gasteiger partial charge in [0.05, 0.1) is 25.9 Å². The molecule has 0 saturated carbocycles. The maximum atomic E-state index is 12.9. The normalized spacial score (nSPS) is 13.8. The van der Waals surface area contributed by atoms with E-state index in [9.17, 15) is 9.59 Å². The van der Waals surface area contributed by atoms with Crippen LogP contribution in [0.3, 0.4) is 0 Å². The Hall–Kier alpha value is -3.30. The van der Waals surface area contributed by atoms with Crippen molar-refractivity contribution in [1.29, 1.82) is 0 Å². The third kappa shape index (κ3) is 7.37. The van der Waals surface area contributed by atoms with Crippen LogP contribution in [0, 0.1) is 0 Å². The van der Waals surface area contributed by atoms with Crippen LogP contribution >= 0.6 is 0 Å². The molecule has 0 unspecified atom stereocenters. The van der Waals surface area contributed by atoms with Crippen LogP contribution in [0.5, 0.6) is 5.75 Å². The van der Waals surface area contributed by atoms with Crippen molar-refractivity contribution in [2.75, 3.05) is 76.1 Å². The molecule has 2 aromatic carbocycles. The van der Waals surface area contributed by atoms with Crippen molar-refractivity contribution in [1.82, 2.24) is 10.2 Å². The van der Waals surface area contributed by atoms with Crippen molar-refractivity contribution in [3.8, 4) is 5.75 Å². The fourth-order valence-corrected chi connectivity index (χ4v) is 3.58. The van der Waals surface area contributed by atoms with Gasteiger partial charge in [0, 0.05) is 50.8 Å². The Labute approximate surface area is 195 Å². The Balaban J connectivity index is 1.58. The van der Waals surface area contributed by atoms with E-state index >= 15 is 0 Å². The van der Waals surface area contributed by atoms with Gasteiger partial charge in [-0.25, -0.2) is 4.79 Å². The van der Waals surface area contributed by atoms with Crippen molar-refractivity contribution in [3.05, 3.63) is 48.0 Å². The number of anilines is 3. The van der Waals surface area contributed by atoms with Gasteiger partial charge >= 0.3 is 6.03 Å². The van der Waals surface area contributed by atoms with E-state index in [1.165, 1.54) is 0 Å². The molecule has 1 heterocycles. The summed E-state index contributed by atoms with van der Waals surface area (Å²) in [5, 5.41) is 8.56. The number of hydrogen-bond donors (Lipinski definition) is 3. The van der Waals surface area contributed by atoms with Crippen LogP contribution in [-0.2, 0) is 4.74 Å². The van der Waals surface area contributed by atoms with E-state index in [1.54, 1.807) is 43.5 Å². The summed E-state index contributed by atoms with van der Waals surface area (Å²) >= 11 is 0. The second kappa shape index (κ2) is 12.1. The Morgan fingerprint density at radius 1 is 1.03 bits per heavy atom. The molecule has 1 saturated heterocycles. The molecule has 0 atom stereocenters. The molecule has 0 bridgehead atoms. The van der Waals surface area contributed by atoms with Crippen LogP contribution in [0.15, 0.2) is 42.5 Å². The maximum Gasteiger partial charge on any atom is 0.323 e. The van der Waals surface area contributed by atoms with Gasteiger partial charge in [-0.2, -0.15) is 0 Å². The average Bonchev–Trinajstić information content (AvgIpc) is 2.82. The lowest BCUT2D eigenvalue weighted by Gasteiger charge is -2.26. The average molecular weight is 456 g/mol. The Morgan fingerprint density at radius 2 is 1.70 bits per heavy atom. The molecule has 2 aromatic rings. The Kier molecular flexibility index (Phi) is 8.91. The molecular weight excluding hydrogens is 422 g/mol. The van der Waals surface area contributed by atoms with Crippen molar-refractivity contribution in [3.63, 3.8) is 0 Å². The fourth-order valence-electron chi connectivity index (χ4n) is 3.58. The topological polar surface area (TPSA) is 95.2 Å². The van der Waals surface area contributed by atoms with Gasteiger partial charge in [-0.15, -0.1) is 0 Å². The molecule has 33 heavy (non-hydrogen) atoms. The van der Waals surface area contributed by atoms with E-state index in [0.717, 1.165) is 45.0 Å². The monoisotopic (exact) mass is 455 g/mol. The number of nitrogens with one attached hydrogen (secondary N) is 3. The molecule has 1 aliphatic rings. The van der Waals surface area contributed by atoms with Gasteiger partial charge in [0.1, 0.15) is 5.75 Å². The lowest BCUT2D eigenvalue weighted by molar-refractivity contribution is 0.0374. The predicted octanol–water partition coefficient (Wildman–Crippen LogP) is 2.86. The minimum atomic E-state index is -0.394. The van der Waals surface area contributed by atoms with Gasteiger partial charge in [-0.3, -0.25) is 9.69 Å². The van der Waals surface area contributed by atoms with Gasteiger partial charge in [-0.05, 0) is 55.4 Å². The molecule has 3 amide bonds. The first-order chi connectivity index (χ1) is 16.0. The highest BCUT2D eigenvalue weighted by Gasteiger charge is 2.15. The third-order valence-electron chi connectivity index (χ3n) is 5.37. The van der Waals surface area contributed by atoms with Crippen molar-refractivity contribution < 1.29 is 19.1 Å². The van der Waals surface area contributed by atoms with Crippen molar-refractivity contribution in [2.24, 2.45) is 0 Å². The number of hydrogen-bond acceptors (Lipinski definition) is 6. The molecule has 178 valence electrons. The zero-order chi connectivity index (χ0) is 23.6. The van der Waals surface area contributed by atoms with Crippen LogP contribution in [0.4, 0.5) is 21.9 Å². The van der Waals surface area contributed by atoms with Gasteiger partial charge in [0.2, 0.25) is 0 Å². The molecule has 3 rings (SSSR count). The van der Waals surface area contributed by atoms with E-state index < -0.39 is 6.03 Å². The second-order valence-electron chi connectivity index (χ2n) is 8.00. The summed E-state index contributed by atoms with van der Waals surface area (Å²) in [4.78, 5) is 29.5. The summed E-state index contributed by atoms with van der Waals surface area (Å²) in [5.74, 6) is 0.542. The van der Waals surface area contributed by atoms with Gasteiger partial charge in [-0.1, -0.05) is 0 Å². The number of urea groups is 1. The molecular formula is C24H33N5O4. The minimum Gasteiger partial charge on any atom is -0.497 e. The number of amides is 3. The van der Waals surface area contributed by atoms with Crippen molar-refractivity contribution in [2.45, 2.75) is 6.42 Å². The first-order valence-corrected chi connectivity index (χ1v) is 11.1. The zero-order valence-electron chi connectivity index (χ0n) is 19.5. The number of carbonyl (C=O) groups is 2. The molecule has 0 radical (unpaired) electrons. The Bertz CT molecular complexity index is 927. The highest BCUT2D eigenvalue weighted by molar-refractivity contribution is 6.03. The standard InChI is InChI=1S/C24H33N5O4/c1-28(2)22-10-7-19(27-24(31)26-18-5-8-20(32-3)9-6-18)17-21(22)23(30)25-11-4-12-29-13-15-33-16-14-29/h5-10,17H,4,11-16H2,1-3H3,(H,25,30)(H2,26,27,31). The zero-order valence-corrected chi connectivity index (χ0v) is 19.5. The molecule has 0 spiro atoms. The summed E-state index contributed by atoms with van der Waals surface area (Å²) in [6.45, 7) is 4.92. The SMILES string of the molecule is COc1ccc(NC(=O)Nc2ccc(N(C)C)c(C(=O)NCCCN3CCOCC3)c2)cc1. The number of carbonyl (C=O) groups excluding carboxylic acids is 2. The summed E-state index contributed by atoms with van der Waals surface area (Å²) in [7, 11) is 5.35. The smallest absolute Gasteiger partial charge is 0.323 e. The quantitative estimate of drug-likeness (QED) is 0.504. The molecule has 0 aromatic heterocycles. The summed E-state index contributed by atoms with van der Waals surface area (Å²) < 4.78 is 10.5. The van der Waals surface area contributed by atoms with Crippen LogP contribution in [-0.4, -0.2) is 77.4 Å². The predicted molar refractivity (Wildman–Crippen MR) is 131 cm³/mol. The number of nitrogens with zero attached hydrogens (tertiary/aromatic N) is 2. The van der Waals surface area contributed by atoms with Crippen LogP contribution in [0.2, 0.25) is 0 Å². The van der Waals surface area contributed by atoms with E-state index in [2.05, 4.69) is 20.9 Å². The Morgan fingerprint density at radius 3 is 2.36 bits per heavy atom. The summed E-state index contributed by atoms with van der Waals surface area (Å²) in [6.07, 6.45) is 0.866. The highest BCUT2D eigenvalue weighted by Crippen LogP contribution is 2.23. The lowest BCUT2D eigenvalue weighted by Crippen LogP contribution is -2.38. The molecule has 1 aliphatic heterocycles. The largest absolute Gasteiger partial charge is 0.497 e. The number of morpholine rings is 1. The summed E-state index contributed by atoms with van der Waals surface area (Å²) in [6, 6.07) is 11.9. The first-order valence-electron chi connectivity index (χ1n) is 11.1. The second-order valence-corrected chi connectivity index (χ2v) is 8.00. The van der Waals surface area contributed by atoms with E-state index in [0.29, 0.717) is 29.2 Å². The molecule has 0 aliphatic carbocycles. The van der Waals surface area contributed by atoms with Gasteiger partial charge in [0.15, 0.2) is 0 Å². The summed E-state index contributed by atoms with van der Waals surface area (Å²) in [5.41, 5.74) is 2.46.